The highest BCUT2D eigenvalue weighted by Gasteiger charge is 2.31. The van der Waals surface area contributed by atoms with Gasteiger partial charge in [-0.2, -0.15) is 0 Å². The number of rotatable bonds is 4. The molecule has 1 amide bonds. The predicted octanol–water partition coefficient (Wildman–Crippen LogP) is 1.50. The van der Waals surface area contributed by atoms with E-state index in [1.807, 2.05) is 13.0 Å². The van der Waals surface area contributed by atoms with Crippen LogP contribution in [-0.2, 0) is 9.59 Å². The molecule has 0 unspecified atom stereocenters. The van der Waals surface area contributed by atoms with Gasteiger partial charge in [-0.05, 0) is 43.5 Å². The molecule has 1 saturated carbocycles. The SMILES string of the molecule is COc1ccc(NC(=O)[C@@H]2CCCC[C@@H]2C(=O)[O-])c(C)c1. The summed E-state index contributed by atoms with van der Waals surface area (Å²) in [5.41, 5.74) is 1.56. The first kappa shape index (κ1) is 15.4. The Balaban J connectivity index is 2.11. The second kappa shape index (κ2) is 6.61. The molecule has 1 N–H and O–H groups in total. The number of benzene rings is 1. The summed E-state index contributed by atoms with van der Waals surface area (Å²) in [6.07, 6.45) is 2.83. The normalized spacial score (nSPS) is 21.6. The number of carboxylic acids is 1. The molecule has 2 atom stereocenters. The van der Waals surface area contributed by atoms with Gasteiger partial charge in [0.05, 0.1) is 7.11 Å². The van der Waals surface area contributed by atoms with Crippen LogP contribution in [0, 0.1) is 18.8 Å². The number of hydrogen-bond acceptors (Lipinski definition) is 4. The van der Waals surface area contributed by atoms with Crippen LogP contribution in [-0.4, -0.2) is 19.0 Å². The van der Waals surface area contributed by atoms with E-state index < -0.39 is 17.8 Å². The van der Waals surface area contributed by atoms with Crippen molar-refractivity contribution in [3.05, 3.63) is 23.8 Å². The molecule has 0 radical (unpaired) electrons. The number of carbonyl (C=O) groups excluding carboxylic acids is 2. The molecule has 5 nitrogen and oxygen atoms in total. The zero-order chi connectivity index (χ0) is 15.4. The van der Waals surface area contributed by atoms with E-state index >= 15 is 0 Å². The molecule has 0 heterocycles. The van der Waals surface area contributed by atoms with Gasteiger partial charge >= 0.3 is 0 Å². The number of amides is 1. The van der Waals surface area contributed by atoms with Crippen LogP contribution in [0.1, 0.15) is 31.2 Å². The van der Waals surface area contributed by atoms with Crippen molar-refractivity contribution in [1.82, 2.24) is 0 Å². The van der Waals surface area contributed by atoms with Crippen molar-refractivity contribution >= 4 is 17.6 Å². The quantitative estimate of drug-likeness (QED) is 0.911. The van der Waals surface area contributed by atoms with E-state index in [-0.39, 0.29) is 5.91 Å². The lowest BCUT2D eigenvalue weighted by atomic mass is 9.78. The summed E-state index contributed by atoms with van der Waals surface area (Å²) in [5.74, 6) is -1.84. The number of carbonyl (C=O) groups is 2. The monoisotopic (exact) mass is 290 g/mol. The first-order valence-electron chi connectivity index (χ1n) is 7.19. The Morgan fingerprint density at radius 1 is 1.24 bits per heavy atom. The lowest BCUT2D eigenvalue weighted by molar-refractivity contribution is -0.313. The Morgan fingerprint density at radius 2 is 1.90 bits per heavy atom. The molecule has 0 aliphatic heterocycles. The van der Waals surface area contributed by atoms with Crippen LogP contribution in [0.3, 0.4) is 0 Å². The van der Waals surface area contributed by atoms with Gasteiger partial charge in [0, 0.05) is 23.5 Å². The number of nitrogens with one attached hydrogen (secondary N) is 1. The Hall–Kier alpha value is -2.04. The molecular formula is C16H20NO4-. The van der Waals surface area contributed by atoms with E-state index in [0.29, 0.717) is 18.5 Å². The number of anilines is 1. The Labute approximate surface area is 124 Å². The Kier molecular flexibility index (Phi) is 4.83. The van der Waals surface area contributed by atoms with Gasteiger partial charge in [-0.1, -0.05) is 12.8 Å². The van der Waals surface area contributed by atoms with Crippen molar-refractivity contribution in [2.24, 2.45) is 11.8 Å². The van der Waals surface area contributed by atoms with Gasteiger partial charge in [-0.25, -0.2) is 0 Å². The number of ether oxygens (including phenoxy) is 1. The van der Waals surface area contributed by atoms with Crippen molar-refractivity contribution in [2.75, 3.05) is 12.4 Å². The summed E-state index contributed by atoms with van der Waals surface area (Å²) in [4.78, 5) is 23.5. The molecular weight excluding hydrogens is 270 g/mol. The highest BCUT2D eigenvalue weighted by Crippen LogP contribution is 2.31. The third-order valence-electron chi connectivity index (χ3n) is 4.10. The largest absolute Gasteiger partial charge is 0.550 e. The van der Waals surface area contributed by atoms with Gasteiger partial charge < -0.3 is 20.0 Å². The molecule has 2 rings (SSSR count). The molecule has 0 aromatic heterocycles. The van der Waals surface area contributed by atoms with Crippen LogP contribution in [0.4, 0.5) is 5.69 Å². The molecule has 1 fully saturated rings. The summed E-state index contributed by atoms with van der Waals surface area (Å²) in [6.45, 7) is 1.87. The van der Waals surface area contributed by atoms with Crippen molar-refractivity contribution in [1.29, 1.82) is 0 Å². The van der Waals surface area contributed by atoms with E-state index in [1.165, 1.54) is 0 Å². The molecule has 1 aliphatic carbocycles. The lowest BCUT2D eigenvalue weighted by Crippen LogP contribution is -2.42. The van der Waals surface area contributed by atoms with Crippen LogP contribution in [0.5, 0.6) is 5.75 Å². The predicted molar refractivity (Wildman–Crippen MR) is 76.8 cm³/mol. The number of hydrogen-bond donors (Lipinski definition) is 1. The van der Waals surface area contributed by atoms with E-state index in [2.05, 4.69) is 5.32 Å². The maximum absolute atomic E-state index is 12.4. The lowest BCUT2D eigenvalue weighted by Gasteiger charge is -2.31. The van der Waals surface area contributed by atoms with Gasteiger partial charge in [0.2, 0.25) is 5.91 Å². The van der Waals surface area contributed by atoms with Crippen molar-refractivity contribution in [3.8, 4) is 5.75 Å². The van der Waals surface area contributed by atoms with Crippen LogP contribution in [0.15, 0.2) is 18.2 Å². The fourth-order valence-corrected chi connectivity index (χ4v) is 2.86. The topological polar surface area (TPSA) is 78.5 Å². The third kappa shape index (κ3) is 3.54. The summed E-state index contributed by atoms with van der Waals surface area (Å²) in [6, 6.07) is 5.36. The molecule has 21 heavy (non-hydrogen) atoms. The molecule has 1 aromatic carbocycles. The minimum absolute atomic E-state index is 0.239. The molecule has 5 heteroatoms. The Bertz CT molecular complexity index is 541. The fraction of sp³-hybridized carbons (Fsp3) is 0.500. The van der Waals surface area contributed by atoms with Gasteiger partial charge in [0.15, 0.2) is 0 Å². The zero-order valence-corrected chi connectivity index (χ0v) is 12.3. The van der Waals surface area contributed by atoms with Gasteiger partial charge in [0.25, 0.3) is 0 Å². The number of aryl methyl sites for hydroxylation is 1. The second-order valence-corrected chi connectivity index (χ2v) is 5.49. The maximum Gasteiger partial charge on any atom is 0.228 e. The number of aliphatic carboxylic acids is 1. The number of carboxylic acid groups (broad SMARTS) is 1. The average Bonchev–Trinajstić information content (AvgIpc) is 2.49. The summed E-state index contributed by atoms with van der Waals surface area (Å²) in [5, 5.41) is 14.0. The number of methoxy groups -OCH3 is 1. The molecule has 1 aliphatic rings. The van der Waals surface area contributed by atoms with Crippen LogP contribution in [0.2, 0.25) is 0 Å². The van der Waals surface area contributed by atoms with Crippen LogP contribution >= 0.6 is 0 Å². The summed E-state index contributed by atoms with van der Waals surface area (Å²) in [7, 11) is 1.58. The summed E-state index contributed by atoms with van der Waals surface area (Å²) < 4.78 is 5.12. The molecule has 114 valence electrons. The standard InChI is InChI=1S/C16H21NO4/c1-10-9-11(21-2)7-8-14(10)17-15(18)12-5-3-4-6-13(12)16(19)20/h7-9,12-13H,3-6H2,1-2H3,(H,17,18)(H,19,20)/p-1/t12-,13+/m1/s1. The highest BCUT2D eigenvalue weighted by atomic mass is 16.5. The molecule has 1 aromatic rings. The first-order valence-corrected chi connectivity index (χ1v) is 7.19. The first-order chi connectivity index (χ1) is 10.0. The molecule has 0 bridgehead atoms. The van der Waals surface area contributed by atoms with Gasteiger partial charge in [-0.3, -0.25) is 4.79 Å². The molecule has 0 spiro atoms. The van der Waals surface area contributed by atoms with Crippen LogP contribution < -0.4 is 15.2 Å². The van der Waals surface area contributed by atoms with Gasteiger partial charge in [-0.15, -0.1) is 0 Å². The zero-order valence-electron chi connectivity index (χ0n) is 12.3. The van der Waals surface area contributed by atoms with Crippen molar-refractivity contribution in [3.63, 3.8) is 0 Å². The minimum Gasteiger partial charge on any atom is -0.550 e. The van der Waals surface area contributed by atoms with E-state index in [9.17, 15) is 14.7 Å². The van der Waals surface area contributed by atoms with Crippen molar-refractivity contribution in [2.45, 2.75) is 32.6 Å². The highest BCUT2D eigenvalue weighted by molar-refractivity contribution is 5.95. The molecule has 0 saturated heterocycles. The Morgan fingerprint density at radius 3 is 2.48 bits per heavy atom. The van der Waals surface area contributed by atoms with E-state index in [1.54, 1.807) is 19.2 Å². The van der Waals surface area contributed by atoms with Crippen LogP contribution in [0.25, 0.3) is 0 Å². The second-order valence-electron chi connectivity index (χ2n) is 5.49. The van der Waals surface area contributed by atoms with E-state index in [0.717, 1.165) is 24.2 Å². The average molecular weight is 290 g/mol. The third-order valence-corrected chi connectivity index (χ3v) is 4.10. The maximum atomic E-state index is 12.4. The van der Waals surface area contributed by atoms with Crippen molar-refractivity contribution < 1.29 is 19.4 Å². The smallest absolute Gasteiger partial charge is 0.228 e. The minimum atomic E-state index is -1.12. The van der Waals surface area contributed by atoms with Gasteiger partial charge in [0.1, 0.15) is 5.75 Å². The fourth-order valence-electron chi connectivity index (χ4n) is 2.86. The summed E-state index contributed by atoms with van der Waals surface area (Å²) >= 11 is 0. The van der Waals surface area contributed by atoms with E-state index in [4.69, 9.17) is 4.74 Å².